The van der Waals surface area contributed by atoms with E-state index in [1.54, 1.807) is 18.3 Å². The van der Waals surface area contributed by atoms with Gasteiger partial charge in [-0.2, -0.15) is 0 Å². The van der Waals surface area contributed by atoms with Gasteiger partial charge in [0.15, 0.2) is 0 Å². The van der Waals surface area contributed by atoms with E-state index in [0.717, 1.165) is 22.0 Å². The fourth-order valence-electron chi connectivity index (χ4n) is 1.39. The van der Waals surface area contributed by atoms with Crippen LogP contribution >= 0.6 is 15.9 Å². The molecule has 2 rings (SSSR count). The molecule has 0 amide bonds. The zero-order valence-corrected chi connectivity index (χ0v) is 9.54. The SMILES string of the molecule is Fc1ccc(Cc2cncc(Br)c2)cc1. The van der Waals surface area contributed by atoms with E-state index >= 15 is 0 Å². The molecule has 15 heavy (non-hydrogen) atoms. The van der Waals surface area contributed by atoms with Crippen molar-refractivity contribution in [1.82, 2.24) is 4.98 Å². The number of pyridine rings is 1. The predicted octanol–water partition coefficient (Wildman–Crippen LogP) is 3.57. The second-order valence-electron chi connectivity index (χ2n) is 3.31. The number of hydrogen-bond acceptors (Lipinski definition) is 1. The highest BCUT2D eigenvalue weighted by Gasteiger charge is 1.98. The second kappa shape index (κ2) is 4.53. The Bertz CT molecular complexity index is 453. The molecule has 1 heterocycles. The Morgan fingerprint density at radius 3 is 2.47 bits per heavy atom. The van der Waals surface area contributed by atoms with Crippen molar-refractivity contribution < 1.29 is 4.39 Å². The zero-order chi connectivity index (χ0) is 10.7. The van der Waals surface area contributed by atoms with Gasteiger partial charge in [0, 0.05) is 16.9 Å². The van der Waals surface area contributed by atoms with Crippen LogP contribution in [-0.4, -0.2) is 4.98 Å². The average molecular weight is 266 g/mol. The maximum atomic E-state index is 12.7. The summed E-state index contributed by atoms with van der Waals surface area (Å²) in [6.45, 7) is 0. The molecule has 0 aliphatic rings. The number of nitrogens with zero attached hydrogens (tertiary/aromatic N) is 1. The molecule has 0 aliphatic heterocycles. The maximum absolute atomic E-state index is 12.7. The molecular weight excluding hydrogens is 257 g/mol. The standard InChI is InChI=1S/C12H9BrFN/c13-11-6-10(7-15-8-11)5-9-1-3-12(14)4-2-9/h1-4,6-8H,5H2. The Morgan fingerprint density at radius 1 is 1.07 bits per heavy atom. The largest absolute Gasteiger partial charge is 0.263 e. The Kier molecular flexibility index (Phi) is 3.11. The lowest BCUT2D eigenvalue weighted by atomic mass is 10.1. The summed E-state index contributed by atoms with van der Waals surface area (Å²) >= 11 is 3.36. The van der Waals surface area contributed by atoms with Gasteiger partial charge in [-0.3, -0.25) is 4.98 Å². The van der Waals surface area contributed by atoms with Gasteiger partial charge in [-0.1, -0.05) is 12.1 Å². The van der Waals surface area contributed by atoms with Gasteiger partial charge in [0.05, 0.1) is 0 Å². The van der Waals surface area contributed by atoms with E-state index in [9.17, 15) is 4.39 Å². The molecule has 0 saturated heterocycles. The van der Waals surface area contributed by atoms with Crippen LogP contribution in [0.5, 0.6) is 0 Å². The average Bonchev–Trinajstić information content (AvgIpc) is 2.22. The van der Waals surface area contributed by atoms with E-state index in [1.165, 1.54) is 12.1 Å². The highest BCUT2D eigenvalue weighted by Crippen LogP contribution is 2.14. The third-order valence-corrected chi connectivity index (χ3v) is 2.52. The lowest BCUT2D eigenvalue weighted by Crippen LogP contribution is -1.89. The summed E-state index contributed by atoms with van der Waals surface area (Å²) in [6.07, 6.45) is 4.33. The van der Waals surface area contributed by atoms with Crippen LogP contribution < -0.4 is 0 Å². The summed E-state index contributed by atoms with van der Waals surface area (Å²) in [4.78, 5) is 4.08. The van der Waals surface area contributed by atoms with E-state index < -0.39 is 0 Å². The first-order valence-corrected chi connectivity index (χ1v) is 5.37. The van der Waals surface area contributed by atoms with E-state index in [1.807, 2.05) is 12.3 Å². The molecule has 0 radical (unpaired) electrons. The molecule has 1 nitrogen and oxygen atoms in total. The van der Waals surface area contributed by atoms with Crippen LogP contribution in [0.3, 0.4) is 0 Å². The highest BCUT2D eigenvalue weighted by atomic mass is 79.9. The first-order valence-electron chi connectivity index (χ1n) is 4.58. The van der Waals surface area contributed by atoms with Crippen LogP contribution in [0.2, 0.25) is 0 Å². The van der Waals surface area contributed by atoms with E-state index in [4.69, 9.17) is 0 Å². The molecule has 0 fully saturated rings. The molecule has 0 bridgehead atoms. The van der Waals surface area contributed by atoms with Crippen molar-refractivity contribution in [1.29, 1.82) is 0 Å². The summed E-state index contributed by atoms with van der Waals surface area (Å²) < 4.78 is 13.6. The van der Waals surface area contributed by atoms with Crippen molar-refractivity contribution >= 4 is 15.9 Å². The molecule has 0 N–H and O–H groups in total. The van der Waals surface area contributed by atoms with Crippen molar-refractivity contribution in [2.75, 3.05) is 0 Å². The Labute approximate surface area is 96.1 Å². The monoisotopic (exact) mass is 265 g/mol. The predicted molar refractivity (Wildman–Crippen MR) is 61.1 cm³/mol. The van der Waals surface area contributed by atoms with Gasteiger partial charge >= 0.3 is 0 Å². The Balaban J connectivity index is 2.18. The highest BCUT2D eigenvalue weighted by molar-refractivity contribution is 9.10. The normalized spacial score (nSPS) is 10.3. The molecular formula is C12H9BrFN. The Morgan fingerprint density at radius 2 is 1.80 bits per heavy atom. The maximum Gasteiger partial charge on any atom is 0.123 e. The number of halogens is 2. The van der Waals surface area contributed by atoms with E-state index in [-0.39, 0.29) is 5.82 Å². The molecule has 0 unspecified atom stereocenters. The molecule has 3 heteroatoms. The first kappa shape index (κ1) is 10.3. The smallest absolute Gasteiger partial charge is 0.123 e. The van der Waals surface area contributed by atoms with E-state index in [0.29, 0.717) is 0 Å². The topological polar surface area (TPSA) is 12.9 Å². The summed E-state index contributed by atoms with van der Waals surface area (Å²) in [6, 6.07) is 8.53. The molecule has 0 atom stereocenters. The van der Waals surface area contributed by atoms with Gasteiger partial charge in [0.25, 0.3) is 0 Å². The van der Waals surface area contributed by atoms with Crippen molar-refractivity contribution in [2.24, 2.45) is 0 Å². The van der Waals surface area contributed by atoms with Crippen LogP contribution in [0.1, 0.15) is 11.1 Å². The van der Waals surface area contributed by atoms with Gasteiger partial charge in [0.1, 0.15) is 5.82 Å². The Hall–Kier alpha value is -1.22. The number of rotatable bonds is 2. The fraction of sp³-hybridized carbons (Fsp3) is 0.0833. The molecule has 0 spiro atoms. The van der Waals surface area contributed by atoms with Crippen LogP contribution in [0.4, 0.5) is 4.39 Å². The lowest BCUT2D eigenvalue weighted by molar-refractivity contribution is 0.627. The van der Waals surface area contributed by atoms with Crippen molar-refractivity contribution in [3.8, 4) is 0 Å². The van der Waals surface area contributed by atoms with Crippen molar-refractivity contribution in [2.45, 2.75) is 6.42 Å². The molecule has 1 aromatic heterocycles. The lowest BCUT2D eigenvalue weighted by Gasteiger charge is -2.01. The van der Waals surface area contributed by atoms with Gasteiger partial charge < -0.3 is 0 Å². The third-order valence-electron chi connectivity index (χ3n) is 2.08. The number of hydrogen-bond donors (Lipinski definition) is 0. The summed E-state index contributed by atoms with van der Waals surface area (Å²) in [5.74, 6) is -0.203. The third kappa shape index (κ3) is 2.86. The molecule has 2 aromatic rings. The van der Waals surface area contributed by atoms with E-state index in [2.05, 4.69) is 20.9 Å². The van der Waals surface area contributed by atoms with Gasteiger partial charge in [0.2, 0.25) is 0 Å². The quantitative estimate of drug-likeness (QED) is 0.809. The summed E-state index contributed by atoms with van der Waals surface area (Å²) in [5.41, 5.74) is 2.19. The summed E-state index contributed by atoms with van der Waals surface area (Å²) in [7, 11) is 0. The second-order valence-corrected chi connectivity index (χ2v) is 4.23. The molecule has 76 valence electrons. The van der Waals surface area contributed by atoms with Crippen LogP contribution in [0, 0.1) is 5.82 Å². The summed E-state index contributed by atoms with van der Waals surface area (Å²) in [5, 5.41) is 0. The molecule has 0 saturated carbocycles. The number of aromatic nitrogens is 1. The minimum atomic E-state index is -0.203. The molecule has 1 aromatic carbocycles. The van der Waals surface area contributed by atoms with Crippen molar-refractivity contribution in [3.63, 3.8) is 0 Å². The van der Waals surface area contributed by atoms with Crippen LogP contribution in [0.15, 0.2) is 47.2 Å². The zero-order valence-electron chi connectivity index (χ0n) is 7.95. The minimum Gasteiger partial charge on any atom is -0.263 e. The van der Waals surface area contributed by atoms with Gasteiger partial charge in [-0.15, -0.1) is 0 Å². The van der Waals surface area contributed by atoms with Crippen LogP contribution in [0.25, 0.3) is 0 Å². The van der Waals surface area contributed by atoms with Gasteiger partial charge in [-0.05, 0) is 51.7 Å². The number of benzene rings is 1. The van der Waals surface area contributed by atoms with Crippen molar-refractivity contribution in [3.05, 3.63) is 64.1 Å². The minimum absolute atomic E-state index is 0.203. The van der Waals surface area contributed by atoms with Gasteiger partial charge in [-0.25, -0.2) is 4.39 Å². The fourth-order valence-corrected chi connectivity index (χ4v) is 1.80. The molecule has 0 aliphatic carbocycles. The first-order chi connectivity index (χ1) is 7.24. The van der Waals surface area contributed by atoms with Crippen LogP contribution in [-0.2, 0) is 6.42 Å².